The average Bonchev–Trinajstić information content (AvgIpc) is 2.99. The lowest BCUT2D eigenvalue weighted by Crippen LogP contribution is -2.54. The van der Waals surface area contributed by atoms with E-state index in [0.29, 0.717) is 19.6 Å². The first-order valence-electron chi connectivity index (χ1n) is 6.20. The number of carbonyl (C=O) groups excluding carboxylic acids is 1. The zero-order chi connectivity index (χ0) is 13.6. The second kappa shape index (κ2) is 4.02. The van der Waals surface area contributed by atoms with Crippen LogP contribution in [0.3, 0.4) is 0 Å². The summed E-state index contributed by atoms with van der Waals surface area (Å²) in [6, 6.07) is 0.0122. The molecule has 2 fully saturated rings. The molecule has 1 saturated heterocycles. The molecule has 0 unspecified atom stereocenters. The summed E-state index contributed by atoms with van der Waals surface area (Å²) in [4.78, 5) is 24.6. The van der Waals surface area contributed by atoms with Crippen LogP contribution in [0.25, 0.3) is 0 Å². The molecule has 1 aliphatic carbocycles. The highest BCUT2D eigenvalue weighted by Gasteiger charge is 2.52. The van der Waals surface area contributed by atoms with Gasteiger partial charge in [-0.1, -0.05) is 5.21 Å². The first kappa shape index (κ1) is 12.1. The van der Waals surface area contributed by atoms with Gasteiger partial charge in [-0.15, -0.1) is 5.10 Å². The molecule has 19 heavy (non-hydrogen) atoms. The summed E-state index contributed by atoms with van der Waals surface area (Å²) in [5.41, 5.74) is 5.23. The van der Waals surface area contributed by atoms with E-state index in [2.05, 4.69) is 10.3 Å². The number of aromatic carboxylic acids is 1. The number of rotatable bonds is 4. The van der Waals surface area contributed by atoms with Gasteiger partial charge in [-0.2, -0.15) is 0 Å². The lowest BCUT2D eigenvalue weighted by molar-refractivity contribution is -0.142. The Labute approximate surface area is 109 Å². The zero-order valence-corrected chi connectivity index (χ0v) is 10.3. The van der Waals surface area contributed by atoms with Gasteiger partial charge in [-0.25, -0.2) is 9.48 Å². The zero-order valence-electron chi connectivity index (χ0n) is 10.3. The van der Waals surface area contributed by atoms with Crippen LogP contribution in [-0.2, 0) is 4.79 Å². The maximum Gasteiger partial charge on any atom is 0.358 e. The Morgan fingerprint density at radius 3 is 2.63 bits per heavy atom. The van der Waals surface area contributed by atoms with Gasteiger partial charge in [0.25, 0.3) is 0 Å². The number of likely N-dealkylation sites (tertiary alicyclic amines) is 1. The molecule has 0 atom stereocenters. The van der Waals surface area contributed by atoms with E-state index < -0.39 is 5.97 Å². The van der Waals surface area contributed by atoms with Crippen molar-refractivity contribution in [1.29, 1.82) is 0 Å². The Hall–Kier alpha value is -1.96. The van der Waals surface area contributed by atoms with Crippen molar-refractivity contribution in [3.05, 3.63) is 11.9 Å². The van der Waals surface area contributed by atoms with Gasteiger partial charge < -0.3 is 15.7 Å². The number of nitrogens with two attached hydrogens (primary N) is 1. The van der Waals surface area contributed by atoms with Crippen LogP contribution in [0.2, 0.25) is 0 Å². The molecule has 0 bridgehead atoms. The summed E-state index contributed by atoms with van der Waals surface area (Å²) in [5.74, 6) is -0.983. The van der Waals surface area contributed by atoms with Crippen LogP contribution < -0.4 is 5.73 Å². The fourth-order valence-corrected chi connectivity index (χ4v) is 2.33. The van der Waals surface area contributed by atoms with Crippen molar-refractivity contribution in [2.24, 2.45) is 11.1 Å². The third-order valence-electron chi connectivity index (χ3n) is 3.95. The van der Waals surface area contributed by atoms with Crippen LogP contribution >= 0.6 is 0 Å². The first-order valence-corrected chi connectivity index (χ1v) is 6.20. The Kier molecular flexibility index (Phi) is 2.56. The van der Waals surface area contributed by atoms with Gasteiger partial charge in [0.1, 0.15) is 0 Å². The summed E-state index contributed by atoms with van der Waals surface area (Å²) in [6.45, 7) is 1.49. The molecule has 0 aromatic carbocycles. The van der Waals surface area contributed by atoms with Gasteiger partial charge in [0.05, 0.1) is 17.7 Å². The van der Waals surface area contributed by atoms with E-state index in [-0.39, 0.29) is 23.1 Å². The molecule has 3 N–H and O–H groups in total. The van der Waals surface area contributed by atoms with E-state index in [9.17, 15) is 9.59 Å². The molecular weight excluding hydrogens is 250 g/mol. The monoisotopic (exact) mass is 265 g/mol. The fourth-order valence-electron chi connectivity index (χ4n) is 2.33. The van der Waals surface area contributed by atoms with Crippen LogP contribution in [-0.4, -0.2) is 56.5 Å². The van der Waals surface area contributed by atoms with E-state index in [1.165, 1.54) is 10.9 Å². The highest BCUT2D eigenvalue weighted by atomic mass is 16.4. The molecule has 8 heteroatoms. The van der Waals surface area contributed by atoms with Crippen LogP contribution in [0.5, 0.6) is 0 Å². The number of carboxylic acids is 1. The third-order valence-corrected chi connectivity index (χ3v) is 3.95. The molecule has 3 rings (SSSR count). The molecule has 8 nitrogen and oxygen atoms in total. The lowest BCUT2D eigenvalue weighted by atomic mass is 10.0. The average molecular weight is 265 g/mol. The minimum absolute atomic E-state index is 0.0122. The summed E-state index contributed by atoms with van der Waals surface area (Å²) < 4.78 is 1.51. The first-order chi connectivity index (χ1) is 9.05. The molecule has 0 radical (unpaired) electrons. The largest absolute Gasteiger partial charge is 0.476 e. The molecule has 1 aliphatic heterocycles. The Morgan fingerprint density at radius 2 is 2.16 bits per heavy atom. The van der Waals surface area contributed by atoms with Gasteiger partial charge in [0.15, 0.2) is 5.69 Å². The maximum absolute atomic E-state index is 12.1. The second-order valence-electron chi connectivity index (χ2n) is 5.24. The van der Waals surface area contributed by atoms with Crippen molar-refractivity contribution in [3.63, 3.8) is 0 Å². The smallest absolute Gasteiger partial charge is 0.358 e. The molecule has 1 amide bonds. The topological polar surface area (TPSA) is 114 Å². The molecule has 2 aliphatic rings. The third kappa shape index (κ3) is 1.88. The van der Waals surface area contributed by atoms with Crippen molar-refractivity contribution < 1.29 is 14.7 Å². The van der Waals surface area contributed by atoms with Gasteiger partial charge in [-0.3, -0.25) is 4.79 Å². The van der Waals surface area contributed by atoms with Crippen LogP contribution in [0.15, 0.2) is 6.20 Å². The molecule has 1 aromatic rings. The Morgan fingerprint density at radius 1 is 1.47 bits per heavy atom. The van der Waals surface area contributed by atoms with Crippen LogP contribution in [0.4, 0.5) is 0 Å². The summed E-state index contributed by atoms with van der Waals surface area (Å²) in [6.07, 6.45) is 3.14. The quantitative estimate of drug-likeness (QED) is 0.729. The van der Waals surface area contributed by atoms with Crippen molar-refractivity contribution in [3.8, 4) is 0 Å². The number of hydrogen-bond donors (Lipinski definition) is 2. The van der Waals surface area contributed by atoms with Crippen molar-refractivity contribution in [1.82, 2.24) is 19.9 Å². The molecule has 0 spiro atoms. The minimum atomic E-state index is -1.10. The predicted octanol–water partition coefficient (Wildman–Crippen LogP) is -0.901. The minimum Gasteiger partial charge on any atom is -0.476 e. The molecular formula is C11H15N5O3. The van der Waals surface area contributed by atoms with E-state index in [1.54, 1.807) is 4.90 Å². The number of aromatic nitrogens is 3. The molecule has 102 valence electrons. The van der Waals surface area contributed by atoms with E-state index in [0.717, 1.165) is 12.8 Å². The highest BCUT2D eigenvalue weighted by molar-refractivity contribution is 5.86. The van der Waals surface area contributed by atoms with Gasteiger partial charge in [-0.05, 0) is 12.8 Å². The number of carbonyl (C=O) groups is 2. The van der Waals surface area contributed by atoms with Crippen molar-refractivity contribution >= 4 is 11.9 Å². The van der Waals surface area contributed by atoms with E-state index in [4.69, 9.17) is 10.8 Å². The summed E-state index contributed by atoms with van der Waals surface area (Å²) in [7, 11) is 0. The number of hydrogen-bond acceptors (Lipinski definition) is 5. The summed E-state index contributed by atoms with van der Waals surface area (Å²) >= 11 is 0. The number of nitrogens with zero attached hydrogens (tertiary/aromatic N) is 4. The standard InChI is InChI=1S/C11H15N5O3/c12-6-11(1-2-11)10(19)15-3-7(4-15)16-5-8(9(17)18)13-14-16/h5,7H,1-4,6,12H2,(H,17,18). The maximum atomic E-state index is 12.1. The van der Waals surface area contributed by atoms with Crippen molar-refractivity contribution in [2.75, 3.05) is 19.6 Å². The van der Waals surface area contributed by atoms with Gasteiger partial charge >= 0.3 is 5.97 Å². The molecule has 1 saturated carbocycles. The lowest BCUT2D eigenvalue weighted by Gasteiger charge is -2.40. The second-order valence-corrected chi connectivity index (χ2v) is 5.24. The van der Waals surface area contributed by atoms with E-state index in [1.807, 2.05) is 0 Å². The Balaban J connectivity index is 1.60. The number of amides is 1. The van der Waals surface area contributed by atoms with Gasteiger partial charge in [0, 0.05) is 19.6 Å². The molecule has 2 heterocycles. The normalized spacial score (nSPS) is 21.0. The SMILES string of the molecule is NCC1(C(=O)N2CC(n3cc(C(=O)O)nn3)C2)CC1. The predicted molar refractivity (Wildman–Crippen MR) is 63.3 cm³/mol. The van der Waals surface area contributed by atoms with E-state index >= 15 is 0 Å². The van der Waals surface area contributed by atoms with Gasteiger partial charge in [0.2, 0.25) is 5.91 Å². The summed E-state index contributed by atoms with van der Waals surface area (Å²) in [5, 5.41) is 16.1. The Bertz CT molecular complexity index is 530. The highest BCUT2D eigenvalue weighted by Crippen LogP contribution is 2.47. The van der Waals surface area contributed by atoms with Crippen molar-refractivity contribution in [2.45, 2.75) is 18.9 Å². The van der Waals surface area contributed by atoms with Crippen LogP contribution in [0, 0.1) is 5.41 Å². The molecule has 1 aromatic heterocycles. The number of carboxylic acid groups (broad SMARTS) is 1. The van der Waals surface area contributed by atoms with Crippen LogP contribution in [0.1, 0.15) is 29.4 Å². The fraction of sp³-hybridized carbons (Fsp3) is 0.636.